The van der Waals surface area contributed by atoms with Crippen molar-refractivity contribution in [2.24, 2.45) is 0 Å². The molecule has 0 saturated carbocycles. The highest BCUT2D eigenvalue weighted by atomic mass is 16.3. The zero-order valence-corrected chi connectivity index (χ0v) is 9.22. The maximum atomic E-state index is 8.63. The van der Waals surface area contributed by atoms with Crippen molar-refractivity contribution < 1.29 is 5.11 Å². The zero-order chi connectivity index (χ0) is 12.0. The standard InChI is InChI=1S/C7H10N2.C6H6O/c1-5-2-3-6(8)4-7(5)9;7-6-4-2-1-3-5-6/h2-4H,8-9H2,1H3;1-5,7H. The smallest absolute Gasteiger partial charge is 0.115 e. The molecule has 2 rings (SSSR count). The van der Waals surface area contributed by atoms with E-state index >= 15 is 0 Å². The van der Waals surface area contributed by atoms with Crippen LogP contribution < -0.4 is 11.5 Å². The molecular weight excluding hydrogens is 200 g/mol. The summed E-state index contributed by atoms with van der Waals surface area (Å²) in [5.74, 6) is 0.322. The number of aryl methyl sites for hydroxylation is 1. The van der Waals surface area contributed by atoms with E-state index in [1.165, 1.54) is 0 Å². The van der Waals surface area contributed by atoms with Crippen LogP contribution in [0.5, 0.6) is 5.75 Å². The third kappa shape index (κ3) is 3.92. The van der Waals surface area contributed by atoms with Crippen molar-refractivity contribution in [2.75, 3.05) is 11.5 Å². The van der Waals surface area contributed by atoms with Gasteiger partial charge in [-0.1, -0.05) is 24.3 Å². The van der Waals surface area contributed by atoms with Gasteiger partial charge in [-0.05, 0) is 36.8 Å². The number of hydrogen-bond donors (Lipinski definition) is 3. The average Bonchev–Trinajstić information content (AvgIpc) is 2.26. The lowest BCUT2D eigenvalue weighted by atomic mass is 10.2. The fourth-order valence-electron chi connectivity index (χ4n) is 1.09. The molecule has 0 aromatic heterocycles. The molecular formula is C13H16N2O. The van der Waals surface area contributed by atoms with Gasteiger partial charge in [0.15, 0.2) is 0 Å². The van der Waals surface area contributed by atoms with Gasteiger partial charge < -0.3 is 16.6 Å². The van der Waals surface area contributed by atoms with Crippen LogP contribution in [0.15, 0.2) is 48.5 Å². The molecule has 2 aromatic carbocycles. The lowest BCUT2D eigenvalue weighted by Crippen LogP contribution is -1.91. The number of phenols is 1. The van der Waals surface area contributed by atoms with Gasteiger partial charge in [0, 0.05) is 11.4 Å². The largest absolute Gasteiger partial charge is 0.508 e. The second-order valence-electron chi connectivity index (χ2n) is 3.45. The highest BCUT2D eigenvalue weighted by Gasteiger charge is 1.90. The minimum Gasteiger partial charge on any atom is -0.508 e. The molecule has 0 heterocycles. The Hall–Kier alpha value is -2.16. The number of rotatable bonds is 0. The number of para-hydroxylation sites is 1. The van der Waals surface area contributed by atoms with Gasteiger partial charge in [0.25, 0.3) is 0 Å². The van der Waals surface area contributed by atoms with E-state index in [-0.39, 0.29) is 0 Å². The predicted octanol–water partition coefficient (Wildman–Crippen LogP) is 2.55. The van der Waals surface area contributed by atoms with E-state index < -0.39 is 0 Å². The fourth-order valence-corrected chi connectivity index (χ4v) is 1.09. The summed E-state index contributed by atoms with van der Waals surface area (Å²) in [6.45, 7) is 1.95. The van der Waals surface area contributed by atoms with Crippen molar-refractivity contribution in [1.82, 2.24) is 0 Å². The third-order valence-corrected chi connectivity index (χ3v) is 2.06. The Morgan fingerprint density at radius 2 is 1.56 bits per heavy atom. The summed E-state index contributed by atoms with van der Waals surface area (Å²) in [6, 6.07) is 14.2. The van der Waals surface area contributed by atoms with Crippen molar-refractivity contribution in [3.63, 3.8) is 0 Å². The molecule has 0 radical (unpaired) electrons. The quantitative estimate of drug-likeness (QED) is 0.592. The van der Waals surface area contributed by atoms with E-state index in [0.717, 1.165) is 16.9 Å². The first kappa shape index (κ1) is 11.9. The molecule has 0 bridgehead atoms. The third-order valence-electron chi connectivity index (χ3n) is 2.06. The molecule has 3 heteroatoms. The van der Waals surface area contributed by atoms with E-state index in [1.54, 1.807) is 30.3 Å². The summed E-state index contributed by atoms with van der Waals surface area (Å²) in [5.41, 5.74) is 13.5. The van der Waals surface area contributed by atoms with Crippen LogP contribution in [-0.4, -0.2) is 5.11 Å². The number of nitrogens with two attached hydrogens (primary N) is 2. The van der Waals surface area contributed by atoms with Gasteiger partial charge >= 0.3 is 0 Å². The monoisotopic (exact) mass is 216 g/mol. The summed E-state index contributed by atoms with van der Waals surface area (Å²) >= 11 is 0. The van der Waals surface area contributed by atoms with E-state index in [9.17, 15) is 0 Å². The van der Waals surface area contributed by atoms with Gasteiger partial charge in [0.1, 0.15) is 5.75 Å². The maximum absolute atomic E-state index is 8.63. The van der Waals surface area contributed by atoms with Gasteiger partial charge in [-0.15, -0.1) is 0 Å². The maximum Gasteiger partial charge on any atom is 0.115 e. The number of hydrogen-bond acceptors (Lipinski definition) is 3. The Kier molecular flexibility index (Phi) is 4.21. The Labute approximate surface area is 95.3 Å². The fraction of sp³-hybridized carbons (Fsp3) is 0.0769. The molecule has 84 valence electrons. The van der Waals surface area contributed by atoms with E-state index in [1.807, 2.05) is 25.1 Å². The summed E-state index contributed by atoms with van der Waals surface area (Å²) in [5, 5.41) is 8.63. The summed E-state index contributed by atoms with van der Waals surface area (Å²) in [4.78, 5) is 0. The molecule has 0 saturated heterocycles. The van der Waals surface area contributed by atoms with Crippen LogP contribution in [0.1, 0.15) is 5.56 Å². The first-order valence-electron chi connectivity index (χ1n) is 4.95. The minimum atomic E-state index is 0.322. The topological polar surface area (TPSA) is 72.3 Å². The van der Waals surface area contributed by atoms with Gasteiger partial charge in [0.05, 0.1) is 0 Å². The highest BCUT2D eigenvalue weighted by Crippen LogP contribution is 2.13. The second kappa shape index (κ2) is 5.66. The molecule has 0 atom stereocenters. The summed E-state index contributed by atoms with van der Waals surface area (Å²) < 4.78 is 0. The van der Waals surface area contributed by atoms with E-state index in [0.29, 0.717) is 5.75 Å². The van der Waals surface area contributed by atoms with Gasteiger partial charge in [-0.3, -0.25) is 0 Å². The molecule has 0 aliphatic heterocycles. The molecule has 0 amide bonds. The van der Waals surface area contributed by atoms with E-state index in [2.05, 4.69) is 0 Å². The van der Waals surface area contributed by atoms with Gasteiger partial charge in [-0.25, -0.2) is 0 Å². The van der Waals surface area contributed by atoms with Crippen LogP contribution in [0.2, 0.25) is 0 Å². The first-order valence-corrected chi connectivity index (χ1v) is 4.95. The molecule has 0 fully saturated rings. The van der Waals surface area contributed by atoms with Crippen molar-refractivity contribution in [3.05, 3.63) is 54.1 Å². The number of phenolic OH excluding ortho intramolecular Hbond substituents is 1. The number of anilines is 2. The zero-order valence-electron chi connectivity index (χ0n) is 9.22. The van der Waals surface area contributed by atoms with Crippen molar-refractivity contribution >= 4 is 11.4 Å². The average molecular weight is 216 g/mol. The van der Waals surface area contributed by atoms with Crippen molar-refractivity contribution in [3.8, 4) is 5.75 Å². The Balaban J connectivity index is 0.000000165. The van der Waals surface area contributed by atoms with E-state index in [4.69, 9.17) is 16.6 Å². The Morgan fingerprint density at radius 1 is 0.938 bits per heavy atom. The molecule has 0 unspecified atom stereocenters. The molecule has 0 spiro atoms. The number of aromatic hydroxyl groups is 1. The van der Waals surface area contributed by atoms with Crippen LogP contribution in [-0.2, 0) is 0 Å². The molecule has 3 nitrogen and oxygen atoms in total. The van der Waals surface area contributed by atoms with Crippen LogP contribution >= 0.6 is 0 Å². The van der Waals surface area contributed by atoms with Crippen molar-refractivity contribution in [2.45, 2.75) is 6.92 Å². The normalized spacial score (nSPS) is 9.06. The summed E-state index contributed by atoms with van der Waals surface area (Å²) in [7, 11) is 0. The Bertz CT molecular complexity index is 441. The van der Waals surface area contributed by atoms with Gasteiger partial charge in [0.2, 0.25) is 0 Å². The Morgan fingerprint density at radius 3 is 1.94 bits per heavy atom. The van der Waals surface area contributed by atoms with Crippen LogP contribution in [0.4, 0.5) is 11.4 Å². The van der Waals surface area contributed by atoms with Crippen molar-refractivity contribution in [1.29, 1.82) is 0 Å². The van der Waals surface area contributed by atoms with Crippen LogP contribution in [0, 0.1) is 6.92 Å². The lowest BCUT2D eigenvalue weighted by molar-refractivity contribution is 0.475. The summed E-state index contributed by atoms with van der Waals surface area (Å²) in [6.07, 6.45) is 0. The first-order chi connectivity index (χ1) is 7.59. The highest BCUT2D eigenvalue weighted by molar-refractivity contribution is 5.55. The minimum absolute atomic E-state index is 0.322. The number of benzene rings is 2. The van der Waals surface area contributed by atoms with Crippen LogP contribution in [0.25, 0.3) is 0 Å². The predicted molar refractivity (Wildman–Crippen MR) is 68.1 cm³/mol. The number of nitrogen functional groups attached to an aromatic ring is 2. The molecule has 0 aliphatic rings. The second-order valence-corrected chi connectivity index (χ2v) is 3.45. The molecule has 16 heavy (non-hydrogen) atoms. The SMILES string of the molecule is Cc1ccc(N)cc1N.Oc1ccccc1. The van der Waals surface area contributed by atoms with Gasteiger partial charge in [-0.2, -0.15) is 0 Å². The molecule has 2 aromatic rings. The molecule has 0 aliphatic carbocycles. The van der Waals surface area contributed by atoms with Crippen LogP contribution in [0.3, 0.4) is 0 Å². The molecule has 5 N–H and O–H groups in total. The lowest BCUT2D eigenvalue weighted by Gasteiger charge is -1.98.